The van der Waals surface area contributed by atoms with Gasteiger partial charge in [-0.1, -0.05) is 0 Å². The number of amides is 1. The summed E-state index contributed by atoms with van der Waals surface area (Å²) in [5.74, 6) is 0.0135. The van der Waals surface area contributed by atoms with Crippen molar-refractivity contribution in [3.8, 4) is 0 Å². The van der Waals surface area contributed by atoms with Crippen LogP contribution in [0.2, 0.25) is 0 Å². The summed E-state index contributed by atoms with van der Waals surface area (Å²) < 4.78 is 11.1. The van der Waals surface area contributed by atoms with Gasteiger partial charge in [0.2, 0.25) is 5.91 Å². The zero-order valence-electron chi connectivity index (χ0n) is 14.4. The average molecular weight is 329 g/mol. The number of hydrogen-bond acceptors (Lipinski definition) is 6. The van der Waals surface area contributed by atoms with Gasteiger partial charge in [0.1, 0.15) is 0 Å². The number of piperidine rings is 1. The predicted molar refractivity (Wildman–Crippen MR) is 87.3 cm³/mol. The molecule has 2 atom stereocenters. The van der Waals surface area contributed by atoms with Crippen molar-refractivity contribution in [1.82, 2.24) is 15.1 Å². The molecule has 0 radical (unpaired) electrons. The Labute approximate surface area is 138 Å². The van der Waals surface area contributed by atoms with E-state index in [2.05, 4.69) is 22.2 Å². The second-order valence-electron chi connectivity index (χ2n) is 6.62. The highest BCUT2D eigenvalue weighted by atomic mass is 16.5. The van der Waals surface area contributed by atoms with Gasteiger partial charge in [0, 0.05) is 12.6 Å². The van der Waals surface area contributed by atoms with E-state index in [1.165, 1.54) is 0 Å². The second-order valence-corrected chi connectivity index (χ2v) is 6.62. The standard InChI is InChI=1S/C16H31N3O4/c1-18-6-3-13(4-7-18)19(2)11-16(21)17-14-12-22-9-5-15(14)23-10-8-20/h13-15,20H,3-12H2,1-2H3,(H,17,21)/t14-,15+/m1/s1. The van der Waals surface area contributed by atoms with Crippen molar-refractivity contribution in [1.29, 1.82) is 0 Å². The molecule has 2 heterocycles. The van der Waals surface area contributed by atoms with Crippen molar-refractivity contribution >= 4 is 5.91 Å². The third-order valence-corrected chi connectivity index (χ3v) is 4.77. The van der Waals surface area contributed by atoms with E-state index in [0.717, 1.165) is 32.4 Å². The van der Waals surface area contributed by atoms with Crippen LogP contribution in [0.15, 0.2) is 0 Å². The van der Waals surface area contributed by atoms with E-state index in [1.807, 2.05) is 7.05 Å². The minimum absolute atomic E-state index is 0.00309. The van der Waals surface area contributed by atoms with Gasteiger partial charge in [0.25, 0.3) is 0 Å². The van der Waals surface area contributed by atoms with E-state index < -0.39 is 0 Å². The Morgan fingerprint density at radius 3 is 2.83 bits per heavy atom. The molecule has 0 saturated carbocycles. The Bertz CT molecular complexity index is 361. The van der Waals surface area contributed by atoms with Gasteiger partial charge in [-0.2, -0.15) is 0 Å². The number of rotatable bonds is 7. The molecule has 0 aromatic heterocycles. The number of likely N-dealkylation sites (tertiary alicyclic amines) is 1. The molecule has 0 bridgehead atoms. The fourth-order valence-corrected chi connectivity index (χ4v) is 3.30. The summed E-state index contributed by atoms with van der Waals surface area (Å²) in [5, 5.41) is 11.9. The molecular formula is C16H31N3O4. The molecule has 2 aliphatic heterocycles. The Kier molecular flexibility index (Phi) is 7.72. The maximum absolute atomic E-state index is 12.3. The van der Waals surface area contributed by atoms with Crippen molar-refractivity contribution in [2.75, 3.05) is 60.2 Å². The molecule has 7 heteroatoms. The van der Waals surface area contributed by atoms with Crippen LogP contribution < -0.4 is 5.32 Å². The minimum atomic E-state index is -0.131. The number of carbonyl (C=O) groups excluding carboxylic acids is 1. The van der Waals surface area contributed by atoms with Crippen molar-refractivity contribution in [2.45, 2.75) is 37.5 Å². The van der Waals surface area contributed by atoms with Gasteiger partial charge in [-0.3, -0.25) is 9.69 Å². The van der Waals surface area contributed by atoms with Crippen LogP contribution in [0.4, 0.5) is 0 Å². The highest BCUT2D eigenvalue weighted by molar-refractivity contribution is 5.78. The molecule has 0 aromatic carbocycles. The number of nitrogens with one attached hydrogen (secondary N) is 1. The molecule has 7 nitrogen and oxygen atoms in total. The van der Waals surface area contributed by atoms with E-state index in [0.29, 0.717) is 32.4 Å². The van der Waals surface area contributed by atoms with Crippen molar-refractivity contribution in [3.63, 3.8) is 0 Å². The first-order valence-electron chi connectivity index (χ1n) is 8.58. The van der Waals surface area contributed by atoms with Crippen molar-refractivity contribution in [3.05, 3.63) is 0 Å². The summed E-state index contributed by atoms with van der Waals surface area (Å²) in [6.07, 6.45) is 2.88. The number of aliphatic hydroxyl groups is 1. The zero-order chi connectivity index (χ0) is 16.7. The van der Waals surface area contributed by atoms with Crippen LogP contribution in [0, 0.1) is 0 Å². The van der Waals surface area contributed by atoms with Crippen LogP contribution in [-0.4, -0.2) is 99.2 Å². The average Bonchev–Trinajstić information content (AvgIpc) is 2.54. The van der Waals surface area contributed by atoms with Crippen LogP contribution in [0.5, 0.6) is 0 Å². The third kappa shape index (κ3) is 6.00. The fourth-order valence-electron chi connectivity index (χ4n) is 3.30. The van der Waals surface area contributed by atoms with Gasteiger partial charge >= 0.3 is 0 Å². The quantitative estimate of drug-likeness (QED) is 0.643. The monoisotopic (exact) mass is 329 g/mol. The topological polar surface area (TPSA) is 74.3 Å². The molecule has 2 rings (SSSR count). The van der Waals surface area contributed by atoms with Crippen LogP contribution >= 0.6 is 0 Å². The first-order chi connectivity index (χ1) is 11.1. The molecule has 2 fully saturated rings. The zero-order valence-corrected chi connectivity index (χ0v) is 14.4. The molecule has 134 valence electrons. The van der Waals surface area contributed by atoms with E-state index in [9.17, 15) is 4.79 Å². The van der Waals surface area contributed by atoms with Crippen LogP contribution in [0.1, 0.15) is 19.3 Å². The van der Waals surface area contributed by atoms with Gasteiger partial charge in [-0.05, 0) is 46.4 Å². The van der Waals surface area contributed by atoms with Gasteiger partial charge < -0.3 is 24.8 Å². The summed E-state index contributed by atoms with van der Waals surface area (Å²) >= 11 is 0. The van der Waals surface area contributed by atoms with Crippen LogP contribution in [0.25, 0.3) is 0 Å². The highest BCUT2D eigenvalue weighted by Crippen LogP contribution is 2.15. The molecule has 23 heavy (non-hydrogen) atoms. The maximum Gasteiger partial charge on any atom is 0.234 e. The number of nitrogens with zero attached hydrogens (tertiary/aromatic N) is 2. The number of ether oxygens (including phenoxy) is 2. The summed E-state index contributed by atoms with van der Waals surface area (Å²) in [7, 11) is 4.16. The number of aliphatic hydroxyl groups excluding tert-OH is 1. The SMILES string of the molecule is CN1CCC(N(C)CC(=O)N[C@@H]2COCC[C@@H]2OCCO)CC1. The fraction of sp³-hybridized carbons (Fsp3) is 0.938. The Hall–Kier alpha value is -0.730. The van der Waals surface area contributed by atoms with E-state index in [4.69, 9.17) is 14.6 Å². The molecule has 2 saturated heterocycles. The first-order valence-corrected chi connectivity index (χ1v) is 8.58. The molecule has 1 amide bonds. The maximum atomic E-state index is 12.3. The largest absolute Gasteiger partial charge is 0.394 e. The Morgan fingerprint density at radius 2 is 2.13 bits per heavy atom. The lowest BCUT2D eigenvalue weighted by Crippen LogP contribution is -2.53. The second kappa shape index (κ2) is 9.54. The van der Waals surface area contributed by atoms with E-state index in [-0.39, 0.29) is 24.7 Å². The Morgan fingerprint density at radius 1 is 1.39 bits per heavy atom. The lowest BCUT2D eigenvalue weighted by Gasteiger charge is -2.36. The van der Waals surface area contributed by atoms with Gasteiger partial charge in [0.05, 0.1) is 38.5 Å². The van der Waals surface area contributed by atoms with Gasteiger partial charge in [-0.25, -0.2) is 0 Å². The number of hydrogen-bond donors (Lipinski definition) is 2. The normalized spacial score (nSPS) is 27.3. The van der Waals surface area contributed by atoms with Crippen molar-refractivity contribution in [2.24, 2.45) is 0 Å². The summed E-state index contributed by atoms with van der Waals surface area (Å²) in [4.78, 5) is 16.8. The van der Waals surface area contributed by atoms with Crippen molar-refractivity contribution < 1.29 is 19.4 Å². The molecular weight excluding hydrogens is 298 g/mol. The van der Waals surface area contributed by atoms with E-state index >= 15 is 0 Å². The smallest absolute Gasteiger partial charge is 0.234 e. The summed E-state index contributed by atoms with van der Waals surface area (Å²) in [6, 6.07) is 0.342. The summed E-state index contributed by atoms with van der Waals surface area (Å²) in [5.41, 5.74) is 0. The summed E-state index contributed by atoms with van der Waals surface area (Å²) in [6.45, 7) is 3.98. The van der Waals surface area contributed by atoms with Crippen LogP contribution in [0.3, 0.4) is 0 Å². The van der Waals surface area contributed by atoms with Gasteiger partial charge in [0.15, 0.2) is 0 Å². The molecule has 0 aromatic rings. The first kappa shape index (κ1) is 18.6. The molecule has 0 aliphatic carbocycles. The number of likely N-dealkylation sites (N-methyl/N-ethyl adjacent to an activating group) is 1. The van der Waals surface area contributed by atoms with Gasteiger partial charge in [-0.15, -0.1) is 0 Å². The lowest BCUT2D eigenvalue weighted by molar-refractivity contribution is -0.127. The molecule has 0 unspecified atom stereocenters. The predicted octanol–water partition coefficient (Wildman–Crippen LogP) is -0.705. The van der Waals surface area contributed by atoms with Crippen LogP contribution in [-0.2, 0) is 14.3 Å². The molecule has 2 N–H and O–H groups in total. The van der Waals surface area contributed by atoms with E-state index in [1.54, 1.807) is 0 Å². The molecule has 2 aliphatic rings. The number of carbonyl (C=O) groups is 1. The minimum Gasteiger partial charge on any atom is -0.394 e. The molecule has 0 spiro atoms. The third-order valence-electron chi connectivity index (χ3n) is 4.77. The Balaban J connectivity index is 1.75. The highest BCUT2D eigenvalue weighted by Gasteiger charge is 2.29. The lowest BCUT2D eigenvalue weighted by atomic mass is 10.0.